The van der Waals surface area contributed by atoms with Crippen molar-refractivity contribution in [2.24, 2.45) is 0 Å². The van der Waals surface area contributed by atoms with Crippen LogP contribution in [0.15, 0.2) is 48.5 Å². The highest BCUT2D eigenvalue weighted by Crippen LogP contribution is 2.32. The smallest absolute Gasteiger partial charge is 0.234 e. The molecule has 2 aromatic carbocycles. The minimum absolute atomic E-state index is 0.0858. The summed E-state index contributed by atoms with van der Waals surface area (Å²) < 4.78 is 13.0. The maximum absolute atomic E-state index is 13.0. The molecule has 112 valence electrons. The standard InChI is InChI=1S/C18H16FNO2/c1-12-2-4-13(5-3-12)14-10-17(21)20(18(22)11-14)16-8-6-15(19)7-9-16/h2-9,14H,10-11H2,1H3. The van der Waals surface area contributed by atoms with E-state index in [1.807, 2.05) is 31.2 Å². The highest BCUT2D eigenvalue weighted by molar-refractivity contribution is 6.17. The first-order valence-corrected chi connectivity index (χ1v) is 7.22. The van der Waals surface area contributed by atoms with E-state index in [0.717, 1.165) is 16.0 Å². The molecule has 4 heteroatoms. The van der Waals surface area contributed by atoms with Crippen molar-refractivity contribution in [1.82, 2.24) is 0 Å². The molecule has 3 nitrogen and oxygen atoms in total. The molecule has 1 heterocycles. The highest BCUT2D eigenvalue weighted by atomic mass is 19.1. The number of hydrogen-bond donors (Lipinski definition) is 0. The average molecular weight is 297 g/mol. The second kappa shape index (κ2) is 5.72. The first-order valence-electron chi connectivity index (χ1n) is 7.22. The number of carbonyl (C=O) groups is 2. The first kappa shape index (κ1) is 14.4. The van der Waals surface area contributed by atoms with Gasteiger partial charge in [0.05, 0.1) is 5.69 Å². The van der Waals surface area contributed by atoms with E-state index in [1.165, 1.54) is 24.3 Å². The Hall–Kier alpha value is -2.49. The predicted molar refractivity (Wildman–Crippen MR) is 82.0 cm³/mol. The van der Waals surface area contributed by atoms with Crippen molar-refractivity contribution in [2.75, 3.05) is 4.90 Å². The number of piperidine rings is 1. The maximum atomic E-state index is 13.0. The molecule has 1 aliphatic heterocycles. The van der Waals surface area contributed by atoms with Crippen LogP contribution < -0.4 is 4.90 Å². The van der Waals surface area contributed by atoms with Crippen molar-refractivity contribution < 1.29 is 14.0 Å². The Kier molecular flexibility index (Phi) is 3.75. The molecule has 2 amide bonds. The van der Waals surface area contributed by atoms with E-state index in [1.54, 1.807) is 0 Å². The van der Waals surface area contributed by atoms with Crippen molar-refractivity contribution in [1.29, 1.82) is 0 Å². The molecule has 0 aliphatic carbocycles. The lowest BCUT2D eigenvalue weighted by Crippen LogP contribution is -2.42. The molecule has 0 unspecified atom stereocenters. The van der Waals surface area contributed by atoms with Crippen molar-refractivity contribution in [3.8, 4) is 0 Å². The van der Waals surface area contributed by atoms with Crippen molar-refractivity contribution in [3.63, 3.8) is 0 Å². The number of benzene rings is 2. The van der Waals surface area contributed by atoms with E-state index >= 15 is 0 Å². The minimum atomic E-state index is -0.391. The van der Waals surface area contributed by atoms with Gasteiger partial charge in [-0.05, 0) is 36.8 Å². The molecule has 2 aromatic rings. The summed E-state index contributed by atoms with van der Waals surface area (Å²) in [6.45, 7) is 2.00. The topological polar surface area (TPSA) is 37.4 Å². The number of hydrogen-bond acceptors (Lipinski definition) is 2. The third-order valence-electron chi connectivity index (χ3n) is 3.97. The number of amides is 2. The number of anilines is 1. The summed E-state index contributed by atoms with van der Waals surface area (Å²) in [6.07, 6.45) is 0.568. The van der Waals surface area contributed by atoms with Crippen LogP contribution >= 0.6 is 0 Å². The second-order valence-electron chi connectivity index (χ2n) is 5.62. The predicted octanol–water partition coefficient (Wildman–Crippen LogP) is 3.57. The van der Waals surface area contributed by atoms with Crippen LogP contribution in [0.4, 0.5) is 10.1 Å². The molecular formula is C18H16FNO2. The Bertz CT molecular complexity index is 689. The van der Waals surface area contributed by atoms with Crippen LogP contribution in [-0.4, -0.2) is 11.8 Å². The van der Waals surface area contributed by atoms with Crippen LogP contribution in [0.25, 0.3) is 0 Å². The fourth-order valence-corrected chi connectivity index (χ4v) is 2.77. The molecule has 0 aromatic heterocycles. The molecule has 1 fully saturated rings. The normalized spacial score (nSPS) is 16.2. The summed E-state index contributed by atoms with van der Waals surface area (Å²) >= 11 is 0. The van der Waals surface area contributed by atoms with Gasteiger partial charge in [0.25, 0.3) is 0 Å². The van der Waals surface area contributed by atoms with Crippen LogP contribution in [0.1, 0.15) is 29.9 Å². The Morgan fingerprint density at radius 3 is 2.00 bits per heavy atom. The minimum Gasteiger partial charge on any atom is -0.274 e. The SMILES string of the molecule is Cc1ccc(C2CC(=O)N(c3ccc(F)cc3)C(=O)C2)cc1. The monoisotopic (exact) mass is 297 g/mol. The lowest BCUT2D eigenvalue weighted by molar-refractivity contribution is -0.129. The molecule has 0 spiro atoms. The zero-order valence-corrected chi connectivity index (χ0v) is 12.3. The highest BCUT2D eigenvalue weighted by Gasteiger charge is 2.34. The van der Waals surface area contributed by atoms with Gasteiger partial charge in [-0.25, -0.2) is 4.39 Å². The van der Waals surface area contributed by atoms with E-state index < -0.39 is 5.82 Å². The van der Waals surface area contributed by atoms with Crippen molar-refractivity contribution in [2.45, 2.75) is 25.7 Å². The van der Waals surface area contributed by atoms with Crippen molar-refractivity contribution in [3.05, 3.63) is 65.5 Å². The van der Waals surface area contributed by atoms with Gasteiger partial charge in [0.15, 0.2) is 0 Å². The van der Waals surface area contributed by atoms with E-state index in [0.29, 0.717) is 5.69 Å². The van der Waals surface area contributed by atoms with Crippen LogP contribution in [0.2, 0.25) is 0 Å². The first-order chi connectivity index (χ1) is 10.5. The van der Waals surface area contributed by atoms with E-state index in [4.69, 9.17) is 0 Å². The summed E-state index contributed by atoms with van der Waals surface area (Å²) in [5, 5.41) is 0. The van der Waals surface area contributed by atoms with Gasteiger partial charge in [0.1, 0.15) is 5.82 Å². The number of aryl methyl sites for hydroxylation is 1. The lowest BCUT2D eigenvalue weighted by Gasteiger charge is -2.30. The zero-order chi connectivity index (χ0) is 15.7. The van der Waals surface area contributed by atoms with Gasteiger partial charge in [-0.2, -0.15) is 0 Å². The summed E-state index contributed by atoms with van der Waals surface area (Å²) in [4.78, 5) is 25.9. The number of carbonyl (C=O) groups excluding carboxylic acids is 2. The molecule has 0 saturated carbocycles. The fourth-order valence-electron chi connectivity index (χ4n) is 2.77. The van der Waals surface area contributed by atoms with Crippen LogP contribution in [0.3, 0.4) is 0 Å². The van der Waals surface area contributed by atoms with Gasteiger partial charge in [-0.3, -0.25) is 14.5 Å². The summed E-state index contributed by atoms with van der Waals surface area (Å²) in [6, 6.07) is 13.3. The largest absolute Gasteiger partial charge is 0.274 e. The van der Waals surface area contributed by atoms with Gasteiger partial charge in [-0.1, -0.05) is 29.8 Å². The quantitative estimate of drug-likeness (QED) is 0.795. The molecule has 0 N–H and O–H groups in total. The van der Waals surface area contributed by atoms with Crippen molar-refractivity contribution >= 4 is 17.5 Å². The third-order valence-corrected chi connectivity index (χ3v) is 3.97. The summed E-state index contributed by atoms with van der Waals surface area (Å²) in [7, 11) is 0. The van der Waals surface area contributed by atoms with E-state index in [9.17, 15) is 14.0 Å². The lowest BCUT2D eigenvalue weighted by atomic mass is 9.88. The Morgan fingerprint density at radius 2 is 1.45 bits per heavy atom. The van der Waals surface area contributed by atoms with Crippen LogP contribution in [-0.2, 0) is 9.59 Å². The van der Waals surface area contributed by atoms with E-state index in [2.05, 4.69) is 0 Å². The molecule has 3 rings (SSSR count). The van der Waals surface area contributed by atoms with Gasteiger partial charge in [0.2, 0.25) is 11.8 Å². The van der Waals surface area contributed by atoms with Gasteiger partial charge in [0, 0.05) is 18.8 Å². The molecule has 0 bridgehead atoms. The summed E-state index contributed by atoms with van der Waals surface area (Å²) in [5.74, 6) is -0.961. The molecule has 1 saturated heterocycles. The zero-order valence-electron chi connectivity index (χ0n) is 12.3. The molecule has 22 heavy (non-hydrogen) atoms. The third kappa shape index (κ3) is 2.77. The van der Waals surface area contributed by atoms with Gasteiger partial charge >= 0.3 is 0 Å². The summed E-state index contributed by atoms with van der Waals surface area (Å²) in [5.41, 5.74) is 2.58. The second-order valence-corrected chi connectivity index (χ2v) is 5.62. The van der Waals surface area contributed by atoms with E-state index in [-0.39, 0.29) is 30.6 Å². The fraction of sp³-hybridized carbons (Fsp3) is 0.222. The molecule has 0 atom stereocenters. The number of nitrogens with zero attached hydrogens (tertiary/aromatic N) is 1. The van der Waals surface area contributed by atoms with Crippen LogP contribution in [0.5, 0.6) is 0 Å². The van der Waals surface area contributed by atoms with Gasteiger partial charge < -0.3 is 0 Å². The Balaban J connectivity index is 1.82. The Morgan fingerprint density at radius 1 is 0.909 bits per heavy atom. The molecule has 0 radical (unpaired) electrons. The van der Waals surface area contributed by atoms with Crippen LogP contribution in [0, 0.1) is 12.7 Å². The maximum Gasteiger partial charge on any atom is 0.234 e. The number of imide groups is 1. The molecule has 1 aliphatic rings. The average Bonchev–Trinajstić information content (AvgIpc) is 2.49. The number of halogens is 1. The number of rotatable bonds is 2. The van der Waals surface area contributed by atoms with Gasteiger partial charge in [-0.15, -0.1) is 0 Å². The molecular weight excluding hydrogens is 281 g/mol. The Labute approximate surface area is 128 Å².